The lowest BCUT2D eigenvalue weighted by Crippen LogP contribution is -2.38. The van der Waals surface area contributed by atoms with Crippen molar-refractivity contribution >= 4 is 5.91 Å². The minimum Gasteiger partial charge on any atom is -0.383 e. The summed E-state index contributed by atoms with van der Waals surface area (Å²) in [5, 5.41) is 0. The van der Waals surface area contributed by atoms with E-state index >= 15 is 0 Å². The van der Waals surface area contributed by atoms with Gasteiger partial charge in [-0.2, -0.15) is 0 Å². The Bertz CT molecular complexity index is 139. The van der Waals surface area contributed by atoms with Crippen molar-refractivity contribution in [2.24, 2.45) is 5.73 Å². The Balaban J connectivity index is 3.82. The summed E-state index contributed by atoms with van der Waals surface area (Å²) < 4.78 is 4.93. The van der Waals surface area contributed by atoms with Crippen LogP contribution in [0.25, 0.3) is 0 Å². The van der Waals surface area contributed by atoms with Crippen LogP contribution in [0.5, 0.6) is 0 Å². The second-order valence-electron chi connectivity index (χ2n) is 2.85. The zero-order valence-electron chi connectivity index (χ0n) is 8.04. The number of hydrogen-bond acceptors (Lipinski definition) is 3. The van der Waals surface area contributed by atoms with Crippen LogP contribution in [-0.2, 0) is 9.53 Å². The number of amides is 1. The monoisotopic (exact) mass is 174 g/mol. The third-order valence-electron chi connectivity index (χ3n) is 1.82. The highest BCUT2D eigenvalue weighted by Crippen LogP contribution is 1.98. The lowest BCUT2D eigenvalue weighted by molar-refractivity contribution is -0.132. The molecule has 1 amide bonds. The number of hydrogen-bond donors (Lipinski definition) is 1. The molecule has 1 unspecified atom stereocenters. The van der Waals surface area contributed by atoms with Crippen LogP contribution in [0.3, 0.4) is 0 Å². The van der Waals surface area contributed by atoms with E-state index in [4.69, 9.17) is 10.5 Å². The number of ether oxygens (including phenoxy) is 1. The Morgan fingerprint density at radius 1 is 1.67 bits per heavy atom. The fourth-order valence-corrected chi connectivity index (χ4v) is 0.899. The van der Waals surface area contributed by atoms with E-state index in [9.17, 15) is 4.79 Å². The fraction of sp³-hybridized carbons (Fsp3) is 0.875. The largest absolute Gasteiger partial charge is 0.383 e. The lowest BCUT2D eigenvalue weighted by atomic mass is 10.3. The number of nitrogens with zero attached hydrogens (tertiary/aromatic N) is 1. The van der Waals surface area contributed by atoms with Gasteiger partial charge in [0, 0.05) is 27.1 Å². The molecule has 0 rings (SSSR count). The molecule has 4 heteroatoms. The zero-order valence-corrected chi connectivity index (χ0v) is 8.04. The topological polar surface area (TPSA) is 55.6 Å². The van der Waals surface area contributed by atoms with Crippen LogP contribution in [0.2, 0.25) is 0 Å². The van der Waals surface area contributed by atoms with Crippen LogP contribution in [0.4, 0.5) is 0 Å². The first kappa shape index (κ1) is 11.4. The molecule has 12 heavy (non-hydrogen) atoms. The molecule has 0 aromatic rings. The molecule has 0 spiro atoms. The molecule has 0 aliphatic heterocycles. The summed E-state index contributed by atoms with van der Waals surface area (Å²) in [6, 6.07) is 0.119. The van der Waals surface area contributed by atoms with Gasteiger partial charge in [0.1, 0.15) is 0 Å². The Morgan fingerprint density at radius 3 is 2.67 bits per heavy atom. The summed E-state index contributed by atoms with van der Waals surface area (Å²) in [5.74, 6) is 0.0713. The number of methoxy groups -OCH3 is 1. The number of carbonyl (C=O) groups is 1. The van der Waals surface area contributed by atoms with Crippen LogP contribution in [0, 0.1) is 0 Å². The third kappa shape index (κ3) is 3.69. The molecule has 72 valence electrons. The van der Waals surface area contributed by atoms with Crippen molar-refractivity contribution in [1.82, 2.24) is 4.90 Å². The van der Waals surface area contributed by atoms with Gasteiger partial charge in [-0.1, -0.05) is 0 Å². The van der Waals surface area contributed by atoms with E-state index in [0.717, 1.165) is 0 Å². The highest BCUT2D eigenvalue weighted by molar-refractivity contribution is 5.76. The Labute approximate surface area is 73.7 Å². The van der Waals surface area contributed by atoms with Crippen molar-refractivity contribution in [3.05, 3.63) is 0 Å². The van der Waals surface area contributed by atoms with Gasteiger partial charge in [0.2, 0.25) is 5.91 Å². The molecule has 4 nitrogen and oxygen atoms in total. The van der Waals surface area contributed by atoms with Gasteiger partial charge in [0.05, 0.1) is 12.6 Å². The summed E-state index contributed by atoms with van der Waals surface area (Å²) in [4.78, 5) is 12.9. The van der Waals surface area contributed by atoms with Crippen LogP contribution < -0.4 is 5.73 Å². The molecule has 2 N–H and O–H groups in total. The average molecular weight is 174 g/mol. The second-order valence-corrected chi connectivity index (χ2v) is 2.85. The van der Waals surface area contributed by atoms with E-state index < -0.39 is 0 Å². The Hall–Kier alpha value is -0.610. The van der Waals surface area contributed by atoms with Gasteiger partial charge in [-0.05, 0) is 6.92 Å². The highest BCUT2D eigenvalue weighted by Gasteiger charge is 2.13. The molecule has 0 aromatic carbocycles. The second kappa shape index (κ2) is 5.97. The Kier molecular flexibility index (Phi) is 5.66. The molecule has 0 saturated carbocycles. The highest BCUT2D eigenvalue weighted by atomic mass is 16.5. The van der Waals surface area contributed by atoms with E-state index in [1.54, 1.807) is 19.1 Å². The van der Waals surface area contributed by atoms with Crippen molar-refractivity contribution in [3.63, 3.8) is 0 Å². The zero-order chi connectivity index (χ0) is 9.56. The van der Waals surface area contributed by atoms with Crippen molar-refractivity contribution in [2.75, 3.05) is 27.3 Å². The van der Waals surface area contributed by atoms with Gasteiger partial charge < -0.3 is 15.4 Å². The van der Waals surface area contributed by atoms with Gasteiger partial charge in [-0.15, -0.1) is 0 Å². The third-order valence-corrected chi connectivity index (χ3v) is 1.82. The summed E-state index contributed by atoms with van der Waals surface area (Å²) in [5.41, 5.74) is 5.26. The quantitative estimate of drug-likeness (QED) is 0.629. The van der Waals surface area contributed by atoms with Gasteiger partial charge in [-0.3, -0.25) is 4.79 Å². The lowest BCUT2D eigenvalue weighted by Gasteiger charge is -2.23. The summed E-state index contributed by atoms with van der Waals surface area (Å²) in [7, 11) is 3.39. The molecule has 0 aliphatic carbocycles. The molecular weight excluding hydrogens is 156 g/mol. The summed E-state index contributed by atoms with van der Waals surface area (Å²) in [6.07, 6.45) is 0.407. The molecule has 0 aromatic heterocycles. The number of likely N-dealkylation sites (N-methyl/N-ethyl adjacent to an activating group) is 1. The first-order valence-electron chi connectivity index (χ1n) is 4.08. The van der Waals surface area contributed by atoms with Crippen LogP contribution in [-0.4, -0.2) is 44.2 Å². The minimum absolute atomic E-state index is 0.0713. The van der Waals surface area contributed by atoms with Crippen LogP contribution in [0.1, 0.15) is 13.3 Å². The van der Waals surface area contributed by atoms with Crippen molar-refractivity contribution in [1.29, 1.82) is 0 Å². The van der Waals surface area contributed by atoms with Crippen LogP contribution in [0.15, 0.2) is 0 Å². The number of nitrogens with two attached hydrogens (primary N) is 1. The fourth-order valence-electron chi connectivity index (χ4n) is 0.899. The van der Waals surface area contributed by atoms with E-state index in [-0.39, 0.29) is 11.9 Å². The standard InChI is InChI=1S/C8H18N2O2/c1-7(6-12-3)10(2)8(11)4-5-9/h7H,4-6,9H2,1-3H3. The van der Waals surface area contributed by atoms with Gasteiger partial charge in [0.25, 0.3) is 0 Å². The van der Waals surface area contributed by atoms with Gasteiger partial charge in [-0.25, -0.2) is 0 Å². The number of rotatable bonds is 5. The summed E-state index contributed by atoms with van der Waals surface area (Å²) >= 11 is 0. The first-order chi connectivity index (χ1) is 5.63. The average Bonchev–Trinajstić information content (AvgIpc) is 2.04. The maximum atomic E-state index is 11.2. The van der Waals surface area contributed by atoms with Gasteiger partial charge >= 0.3 is 0 Å². The maximum absolute atomic E-state index is 11.2. The van der Waals surface area contributed by atoms with Crippen molar-refractivity contribution in [3.8, 4) is 0 Å². The maximum Gasteiger partial charge on any atom is 0.223 e. The molecule has 0 aliphatic rings. The molecule has 0 heterocycles. The van der Waals surface area contributed by atoms with E-state index in [1.807, 2.05) is 6.92 Å². The summed E-state index contributed by atoms with van der Waals surface area (Å²) in [6.45, 7) is 2.91. The van der Waals surface area contributed by atoms with Crippen LogP contribution >= 0.6 is 0 Å². The number of carbonyl (C=O) groups excluding carboxylic acids is 1. The van der Waals surface area contributed by atoms with Crippen molar-refractivity contribution in [2.45, 2.75) is 19.4 Å². The molecule has 0 radical (unpaired) electrons. The van der Waals surface area contributed by atoms with E-state index in [0.29, 0.717) is 19.6 Å². The van der Waals surface area contributed by atoms with Crippen molar-refractivity contribution < 1.29 is 9.53 Å². The normalized spacial score (nSPS) is 12.7. The van der Waals surface area contributed by atoms with E-state index in [2.05, 4.69) is 0 Å². The SMILES string of the molecule is COCC(C)N(C)C(=O)CCN. The molecule has 0 saturated heterocycles. The molecule has 0 fully saturated rings. The predicted molar refractivity (Wildman–Crippen MR) is 47.8 cm³/mol. The molecule has 1 atom stereocenters. The van der Waals surface area contributed by atoms with E-state index in [1.165, 1.54) is 0 Å². The smallest absolute Gasteiger partial charge is 0.223 e. The Morgan fingerprint density at radius 2 is 2.25 bits per heavy atom. The van der Waals surface area contributed by atoms with Gasteiger partial charge in [0.15, 0.2) is 0 Å². The minimum atomic E-state index is 0.0713. The molecular formula is C8H18N2O2. The predicted octanol–water partition coefficient (Wildman–Crippen LogP) is -0.171. The first-order valence-corrected chi connectivity index (χ1v) is 4.08. The molecule has 0 bridgehead atoms.